The normalized spacial score (nSPS) is 18.7. The van der Waals surface area contributed by atoms with Crippen LogP contribution in [-0.2, 0) is 11.2 Å². The molecule has 1 amide bonds. The number of β-amino-alcohol motifs (C(OH)–C–C–N with tert-alkyl or cyclic N) is 1. The first kappa shape index (κ1) is 39.1. The summed E-state index contributed by atoms with van der Waals surface area (Å²) in [7, 11) is 0. The van der Waals surface area contributed by atoms with Gasteiger partial charge < -0.3 is 29.3 Å². The lowest BCUT2D eigenvalue weighted by molar-refractivity contribution is -0.153. The summed E-state index contributed by atoms with van der Waals surface area (Å²) in [6, 6.07) is 5.91. The summed E-state index contributed by atoms with van der Waals surface area (Å²) in [5.74, 6) is 1.37. The average molecular weight is 766 g/mol. The molecule has 11 nitrogen and oxygen atoms in total. The first-order valence-corrected chi connectivity index (χ1v) is 19.5. The Hall–Kier alpha value is -4.17. The largest absolute Gasteiger partial charge is 0.481 e. The Morgan fingerprint density at radius 3 is 2.31 bits per heavy atom. The van der Waals surface area contributed by atoms with Crippen LogP contribution in [0.5, 0.6) is 5.75 Å². The molecule has 2 aromatic carbocycles. The first-order chi connectivity index (χ1) is 25.8. The molecule has 0 atom stereocenters. The average Bonchev–Trinajstić information content (AvgIpc) is 3.56. The van der Waals surface area contributed by atoms with Crippen LogP contribution < -0.4 is 9.64 Å². The van der Waals surface area contributed by atoms with Crippen molar-refractivity contribution in [3.63, 3.8) is 0 Å². The highest BCUT2D eigenvalue weighted by Crippen LogP contribution is 2.48. The molecule has 55 heavy (non-hydrogen) atoms. The fourth-order valence-corrected chi connectivity index (χ4v) is 8.65. The SMILES string of the molecule is CCc1cc2c(N3CCC4(CC3)CN(C(=O)OC(C)(C)C)C4)nc(C3CCN(CC(C)(C)O)CC3)nc2c(OCC(F)(F)F)c1-c1c(C)ccc2[nH]ncc12. The number of halogens is 3. The maximum absolute atomic E-state index is 14.1. The van der Waals surface area contributed by atoms with Crippen LogP contribution in [0, 0.1) is 12.3 Å². The van der Waals surface area contributed by atoms with Gasteiger partial charge in [-0.1, -0.05) is 13.0 Å². The maximum Gasteiger partial charge on any atom is 0.422 e. The van der Waals surface area contributed by atoms with Gasteiger partial charge in [0.25, 0.3) is 0 Å². The molecule has 3 aliphatic rings. The molecule has 298 valence electrons. The van der Waals surface area contributed by atoms with E-state index in [4.69, 9.17) is 19.4 Å². The number of rotatable bonds is 8. The molecule has 2 aromatic heterocycles. The Kier molecular flexibility index (Phi) is 10.2. The minimum atomic E-state index is -4.58. The maximum atomic E-state index is 14.1. The monoisotopic (exact) mass is 765 g/mol. The second kappa shape index (κ2) is 14.4. The molecule has 14 heteroatoms. The first-order valence-electron chi connectivity index (χ1n) is 19.5. The Bertz CT molecular complexity index is 2050. The van der Waals surface area contributed by atoms with E-state index in [1.165, 1.54) is 0 Å². The van der Waals surface area contributed by atoms with Crippen LogP contribution in [0.4, 0.5) is 23.8 Å². The van der Waals surface area contributed by atoms with Gasteiger partial charge in [-0.2, -0.15) is 18.3 Å². The predicted molar refractivity (Wildman–Crippen MR) is 207 cm³/mol. The Labute approximate surface area is 320 Å². The third kappa shape index (κ3) is 8.35. The number of anilines is 1. The van der Waals surface area contributed by atoms with Gasteiger partial charge in [0.1, 0.15) is 22.8 Å². The third-order valence-corrected chi connectivity index (χ3v) is 11.3. The zero-order valence-corrected chi connectivity index (χ0v) is 33.1. The minimum Gasteiger partial charge on any atom is -0.481 e. The number of carbonyl (C=O) groups is 1. The number of benzene rings is 2. The summed E-state index contributed by atoms with van der Waals surface area (Å²) in [6.07, 6.45) is 0.531. The lowest BCUT2D eigenvalue weighted by atomic mass is 9.72. The summed E-state index contributed by atoms with van der Waals surface area (Å²) in [5, 5.41) is 19.2. The zero-order chi connectivity index (χ0) is 39.5. The van der Waals surface area contributed by atoms with Gasteiger partial charge in [0, 0.05) is 60.4 Å². The second-order valence-corrected chi connectivity index (χ2v) is 17.6. The smallest absolute Gasteiger partial charge is 0.422 e. The van der Waals surface area contributed by atoms with Gasteiger partial charge >= 0.3 is 12.3 Å². The Balaban J connectivity index is 1.32. The van der Waals surface area contributed by atoms with Crippen LogP contribution in [0.3, 0.4) is 0 Å². The van der Waals surface area contributed by atoms with Gasteiger partial charge in [-0.3, -0.25) is 5.10 Å². The molecule has 2 N–H and O–H groups in total. The summed E-state index contributed by atoms with van der Waals surface area (Å²) >= 11 is 0. The number of nitrogens with one attached hydrogen (secondary N) is 1. The lowest BCUT2D eigenvalue weighted by Crippen LogP contribution is -2.62. The second-order valence-electron chi connectivity index (χ2n) is 17.6. The van der Waals surface area contributed by atoms with Crippen molar-refractivity contribution in [2.45, 2.75) is 104 Å². The van der Waals surface area contributed by atoms with Crippen molar-refractivity contribution < 1.29 is 32.5 Å². The number of amides is 1. The molecule has 1 spiro atoms. The molecular weight excluding hydrogens is 711 g/mol. The number of aromatic amines is 1. The van der Waals surface area contributed by atoms with E-state index in [0.29, 0.717) is 67.3 Å². The number of hydrogen-bond acceptors (Lipinski definition) is 9. The number of aliphatic hydroxyl groups is 1. The predicted octanol–water partition coefficient (Wildman–Crippen LogP) is 7.77. The van der Waals surface area contributed by atoms with Crippen LogP contribution in [-0.4, -0.2) is 111 Å². The number of hydrogen-bond donors (Lipinski definition) is 2. The number of aromatic nitrogens is 4. The standard InChI is InChI=1S/C41H54F3N7O4/c1-8-26-19-28-33(34(54-24-41(42,43)44)32(26)31-25(2)9-10-30-29(31)20-45-48-30)46-35(27-11-15-49(16-12-27)21-39(6,7)53)47-36(28)50-17-13-40(14-18-50)22-51(23-40)37(52)55-38(3,4)5/h9-10,19-20,27,53H,8,11-18,21-24H2,1-7H3,(H,45,48). The number of alkyl halides is 3. The quantitative estimate of drug-likeness (QED) is 0.185. The number of aryl methyl sites for hydroxylation is 2. The van der Waals surface area contributed by atoms with Crippen LogP contribution >= 0.6 is 0 Å². The summed E-state index contributed by atoms with van der Waals surface area (Å²) in [5.41, 5.74) is 2.81. The van der Waals surface area contributed by atoms with Crippen molar-refractivity contribution in [3.05, 3.63) is 41.3 Å². The van der Waals surface area contributed by atoms with Crippen molar-refractivity contribution in [2.24, 2.45) is 5.41 Å². The van der Waals surface area contributed by atoms with Gasteiger partial charge in [0.05, 0.1) is 17.3 Å². The van der Waals surface area contributed by atoms with E-state index in [2.05, 4.69) is 20.0 Å². The zero-order valence-electron chi connectivity index (χ0n) is 33.1. The fourth-order valence-electron chi connectivity index (χ4n) is 8.65. The van der Waals surface area contributed by atoms with Gasteiger partial charge in [-0.15, -0.1) is 0 Å². The molecule has 0 radical (unpaired) electrons. The number of ether oxygens (including phenoxy) is 2. The fraction of sp³-hybridized carbons (Fsp3) is 0.610. The van der Waals surface area contributed by atoms with Crippen molar-refractivity contribution in [2.75, 3.05) is 57.3 Å². The molecule has 0 unspecified atom stereocenters. The van der Waals surface area contributed by atoms with E-state index in [9.17, 15) is 23.1 Å². The van der Waals surface area contributed by atoms with Crippen molar-refractivity contribution in [1.82, 2.24) is 30.0 Å². The van der Waals surface area contributed by atoms with Gasteiger partial charge in [0.2, 0.25) is 0 Å². The number of nitrogens with zero attached hydrogens (tertiary/aromatic N) is 6. The Morgan fingerprint density at radius 2 is 1.69 bits per heavy atom. The molecule has 7 rings (SSSR count). The van der Waals surface area contributed by atoms with Gasteiger partial charge in [-0.05, 0) is 116 Å². The Morgan fingerprint density at radius 1 is 1.00 bits per heavy atom. The molecule has 0 bridgehead atoms. The number of carbonyl (C=O) groups excluding carboxylic acids is 1. The van der Waals surface area contributed by atoms with E-state index in [1.54, 1.807) is 24.9 Å². The van der Waals surface area contributed by atoms with Crippen LogP contribution in [0.1, 0.15) is 90.1 Å². The summed E-state index contributed by atoms with van der Waals surface area (Å²) < 4.78 is 53.7. The highest BCUT2D eigenvalue weighted by atomic mass is 19.4. The van der Waals surface area contributed by atoms with Gasteiger partial charge in [-0.25, -0.2) is 14.8 Å². The number of likely N-dealkylation sites (tertiary alicyclic amines) is 2. The molecule has 3 fully saturated rings. The molecule has 3 aliphatic heterocycles. The van der Waals surface area contributed by atoms with Crippen LogP contribution in [0.2, 0.25) is 0 Å². The van der Waals surface area contributed by atoms with Crippen LogP contribution in [0.25, 0.3) is 32.9 Å². The number of H-pyrrole nitrogens is 1. The van der Waals surface area contributed by atoms with E-state index >= 15 is 0 Å². The van der Waals surface area contributed by atoms with Crippen LogP contribution in [0.15, 0.2) is 24.4 Å². The van der Waals surface area contributed by atoms with E-state index < -0.39 is 24.0 Å². The highest BCUT2D eigenvalue weighted by molar-refractivity contribution is 6.05. The molecule has 3 saturated heterocycles. The van der Waals surface area contributed by atoms with Gasteiger partial charge in [0.15, 0.2) is 12.4 Å². The van der Waals surface area contributed by atoms with Crippen molar-refractivity contribution in [3.8, 4) is 16.9 Å². The highest BCUT2D eigenvalue weighted by Gasteiger charge is 2.48. The minimum absolute atomic E-state index is 0.0179. The molecular formula is C41H54F3N7O4. The lowest BCUT2D eigenvalue weighted by Gasteiger charge is -2.53. The number of piperidine rings is 2. The molecule has 0 aliphatic carbocycles. The summed E-state index contributed by atoms with van der Waals surface area (Å²) in [6.45, 7) is 16.3. The molecule has 5 heterocycles. The van der Waals surface area contributed by atoms with Crippen molar-refractivity contribution >= 4 is 33.7 Å². The van der Waals surface area contributed by atoms with Crippen molar-refractivity contribution in [1.29, 1.82) is 0 Å². The molecule has 0 saturated carbocycles. The van der Waals surface area contributed by atoms with E-state index in [0.717, 1.165) is 66.4 Å². The number of fused-ring (bicyclic) bond motifs is 2. The van der Waals surface area contributed by atoms with E-state index in [1.807, 2.05) is 52.8 Å². The third-order valence-electron chi connectivity index (χ3n) is 11.3. The molecule has 4 aromatic rings. The summed E-state index contributed by atoms with van der Waals surface area (Å²) in [4.78, 5) is 29.4. The topological polar surface area (TPSA) is 120 Å². The van der Waals surface area contributed by atoms with E-state index in [-0.39, 0.29) is 23.2 Å².